The van der Waals surface area contributed by atoms with E-state index in [0.717, 1.165) is 22.0 Å². The summed E-state index contributed by atoms with van der Waals surface area (Å²) in [6, 6.07) is 15.3. The molecule has 1 atom stereocenters. The molecule has 1 aliphatic rings. The summed E-state index contributed by atoms with van der Waals surface area (Å²) in [6.45, 7) is 0. The maximum Gasteiger partial charge on any atom is 0.230 e. The van der Waals surface area contributed by atoms with Gasteiger partial charge in [-0.25, -0.2) is 0 Å². The molecule has 27 heavy (non-hydrogen) atoms. The normalized spacial score (nSPS) is 16.5. The summed E-state index contributed by atoms with van der Waals surface area (Å²) in [6.07, 6.45) is 2.90. The summed E-state index contributed by atoms with van der Waals surface area (Å²) in [5.74, 6) is -0.824. The molecule has 2 aromatic carbocycles. The summed E-state index contributed by atoms with van der Waals surface area (Å²) in [5, 5.41) is 6.26. The van der Waals surface area contributed by atoms with Gasteiger partial charge in [0.25, 0.3) is 0 Å². The van der Waals surface area contributed by atoms with Crippen molar-refractivity contribution in [1.82, 2.24) is 10.3 Å². The predicted octanol–water partition coefficient (Wildman–Crippen LogP) is 2.55. The molecule has 1 aromatic heterocycles. The zero-order chi connectivity index (χ0) is 18.8. The highest BCUT2D eigenvalue weighted by Gasteiger charge is 2.30. The minimum atomic E-state index is -0.306. The number of aromatic nitrogens is 1. The highest BCUT2D eigenvalue weighted by Crippen LogP contribution is 2.20. The van der Waals surface area contributed by atoms with Crippen molar-refractivity contribution in [1.29, 1.82) is 0 Å². The van der Waals surface area contributed by atoms with Gasteiger partial charge in [-0.2, -0.15) is 0 Å². The number of carbonyl (C=O) groups is 3. The molecule has 0 bridgehead atoms. The third-order valence-corrected chi connectivity index (χ3v) is 4.81. The van der Waals surface area contributed by atoms with E-state index in [4.69, 9.17) is 0 Å². The Morgan fingerprint density at radius 2 is 1.85 bits per heavy atom. The fourth-order valence-corrected chi connectivity index (χ4v) is 3.44. The van der Waals surface area contributed by atoms with Crippen molar-refractivity contribution < 1.29 is 14.4 Å². The van der Waals surface area contributed by atoms with Crippen molar-refractivity contribution in [3.8, 4) is 0 Å². The number of rotatable bonds is 5. The first kappa shape index (κ1) is 17.0. The van der Waals surface area contributed by atoms with Crippen LogP contribution in [0.3, 0.4) is 0 Å². The van der Waals surface area contributed by atoms with Crippen LogP contribution in [0.2, 0.25) is 0 Å². The SMILES string of the molecule is O=C1CC(Cc2ccc(NC(=O)Cc3c[nH]c4ccccc34)cc2)C(=O)N1. The number of aromatic amines is 1. The fourth-order valence-electron chi connectivity index (χ4n) is 3.44. The Hall–Kier alpha value is -3.41. The molecule has 1 fully saturated rings. The van der Waals surface area contributed by atoms with Gasteiger partial charge in [-0.1, -0.05) is 30.3 Å². The minimum Gasteiger partial charge on any atom is -0.361 e. The van der Waals surface area contributed by atoms with Crippen LogP contribution >= 0.6 is 0 Å². The first-order valence-corrected chi connectivity index (χ1v) is 8.86. The molecular weight excluding hydrogens is 342 g/mol. The average molecular weight is 361 g/mol. The first-order chi connectivity index (χ1) is 13.1. The van der Waals surface area contributed by atoms with E-state index in [-0.39, 0.29) is 36.5 Å². The second-order valence-electron chi connectivity index (χ2n) is 6.80. The van der Waals surface area contributed by atoms with Crippen molar-refractivity contribution >= 4 is 34.3 Å². The standard InChI is InChI=1S/C21H19N3O3/c25-19(11-15-12-22-18-4-2-1-3-17(15)18)23-16-7-5-13(6-8-16)9-14-10-20(26)24-21(14)27/h1-8,12,14,22H,9-11H2,(H,23,25)(H,24,26,27). The van der Waals surface area contributed by atoms with Crippen LogP contribution in [0.1, 0.15) is 17.5 Å². The number of amides is 3. The van der Waals surface area contributed by atoms with Gasteiger partial charge in [0, 0.05) is 29.2 Å². The van der Waals surface area contributed by atoms with E-state index in [1.807, 2.05) is 54.7 Å². The number of carbonyl (C=O) groups excluding carboxylic acids is 3. The number of nitrogens with one attached hydrogen (secondary N) is 3. The van der Waals surface area contributed by atoms with Gasteiger partial charge in [-0.15, -0.1) is 0 Å². The van der Waals surface area contributed by atoms with Crippen LogP contribution in [0.25, 0.3) is 10.9 Å². The van der Waals surface area contributed by atoms with Crippen LogP contribution in [0.5, 0.6) is 0 Å². The lowest BCUT2D eigenvalue weighted by Gasteiger charge is -2.08. The molecule has 136 valence electrons. The van der Waals surface area contributed by atoms with E-state index in [0.29, 0.717) is 12.1 Å². The van der Waals surface area contributed by atoms with Crippen LogP contribution in [-0.4, -0.2) is 22.7 Å². The molecular formula is C21H19N3O3. The molecule has 4 rings (SSSR count). The predicted molar refractivity (Wildman–Crippen MR) is 102 cm³/mol. The molecule has 1 aliphatic heterocycles. The number of hydrogen-bond acceptors (Lipinski definition) is 3. The van der Waals surface area contributed by atoms with Crippen LogP contribution in [0.4, 0.5) is 5.69 Å². The van der Waals surface area contributed by atoms with Crippen molar-refractivity contribution in [2.24, 2.45) is 5.92 Å². The molecule has 6 heteroatoms. The third-order valence-electron chi connectivity index (χ3n) is 4.81. The average Bonchev–Trinajstić information content (AvgIpc) is 3.19. The maximum absolute atomic E-state index is 12.4. The van der Waals surface area contributed by atoms with Crippen LogP contribution in [0.15, 0.2) is 54.7 Å². The van der Waals surface area contributed by atoms with Crippen LogP contribution < -0.4 is 10.6 Å². The Morgan fingerprint density at radius 1 is 1.07 bits per heavy atom. The molecule has 3 amide bonds. The van der Waals surface area contributed by atoms with Crippen LogP contribution in [-0.2, 0) is 27.2 Å². The molecule has 2 heterocycles. The number of fused-ring (bicyclic) bond motifs is 1. The number of hydrogen-bond donors (Lipinski definition) is 3. The second-order valence-corrected chi connectivity index (χ2v) is 6.80. The molecule has 1 saturated heterocycles. The molecule has 3 N–H and O–H groups in total. The lowest BCUT2D eigenvalue weighted by Crippen LogP contribution is -2.22. The van der Waals surface area contributed by atoms with E-state index < -0.39 is 0 Å². The van der Waals surface area contributed by atoms with Crippen LogP contribution in [0, 0.1) is 5.92 Å². The molecule has 1 unspecified atom stereocenters. The van der Waals surface area contributed by atoms with Crippen molar-refractivity contribution in [2.45, 2.75) is 19.3 Å². The zero-order valence-electron chi connectivity index (χ0n) is 14.6. The monoisotopic (exact) mass is 361 g/mol. The molecule has 0 radical (unpaired) electrons. The Balaban J connectivity index is 1.37. The van der Waals surface area contributed by atoms with Crippen molar-refractivity contribution in [3.05, 3.63) is 65.9 Å². The molecule has 3 aromatic rings. The smallest absolute Gasteiger partial charge is 0.230 e. The summed E-state index contributed by atoms with van der Waals surface area (Å²) in [7, 11) is 0. The van der Waals surface area contributed by atoms with Gasteiger partial charge >= 0.3 is 0 Å². The Morgan fingerprint density at radius 3 is 2.59 bits per heavy atom. The zero-order valence-corrected chi connectivity index (χ0v) is 14.6. The largest absolute Gasteiger partial charge is 0.361 e. The number of imide groups is 1. The van der Waals surface area contributed by atoms with Gasteiger partial charge in [0.2, 0.25) is 17.7 Å². The molecule has 0 saturated carbocycles. The van der Waals surface area contributed by atoms with Gasteiger partial charge in [-0.05, 0) is 35.7 Å². The number of H-pyrrole nitrogens is 1. The van der Waals surface area contributed by atoms with Crippen molar-refractivity contribution in [2.75, 3.05) is 5.32 Å². The van der Waals surface area contributed by atoms with E-state index >= 15 is 0 Å². The Bertz CT molecular complexity index is 1020. The highest BCUT2D eigenvalue weighted by molar-refractivity contribution is 6.03. The lowest BCUT2D eigenvalue weighted by atomic mass is 9.98. The van der Waals surface area contributed by atoms with E-state index in [2.05, 4.69) is 15.6 Å². The second kappa shape index (κ2) is 7.07. The van der Waals surface area contributed by atoms with Gasteiger partial charge in [0.15, 0.2) is 0 Å². The topological polar surface area (TPSA) is 91.1 Å². The fraction of sp³-hybridized carbons (Fsp3) is 0.190. The molecule has 0 spiro atoms. The Labute approximate surface area is 156 Å². The van der Waals surface area contributed by atoms with E-state index in [1.54, 1.807) is 0 Å². The van der Waals surface area contributed by atoms with Gasteiger partial charge in [-0.3, -0.25) is 19.7 Å². The van der Waals surface area contributed by atoms with Gasteiger partial charge < -0.3 is 10.3 Å². The Kier molecular flexibility index (Phi) is 4.46. The van der Waals surface area contributed by atoms with Gasteiger partial charge in [0.1, 0.15) is 0 Å². The lowest BCUT2D eigenvalue weighted by molar-refractivity contribution is -0.125. The van der Waals surface area contributed by atoms with E-state index in [9.17, 15) is 14.4 Å². The first-order valence-electron chi connectivity index (χ1n) is 8.86. The number of anilines is 1. The number of para-hydroxylation sites is 1. The van der Waals surface area contributed by atoms with Gasteiger partial charge in [0.05, 0.1) is 12.3 Å². The third kappa shape index (κ3) is 3.74. The van der Waals surface area contributed by atoms with Crippen molar-refractivity contribution in [3.63, 3.8) is 0 Å². The maximum atomic E-state index is 12.4. The number of benzene rings is 2. The summed E-state index contributed by atoms with van der Waals surface area (Å²) < 4.78 is 0. The molecule has 0 aliphatic carbocycles. The van der Waals surface area contributed by atoms with E-state index in [1.165, 1.54) is 0 Å². The summed E-state index contributed by atoms with van der Waals surface area (Å²) >= 11 is 0. The summed E-state index contributed by atoms with van der Waals surface area (Å²) in [4.78, 5) is 38.4. The molecule has 6 nitrogen and oxygen atoms in total. The highest BCUT2D eigenvalue weighted by atomic mass is 16.2. The quantitative estimate of drug-likeness (QED) is 0.610. The summed E-state index contributed by atoms with van der Waals surface area (Å²) in [5.41, 5.74) is 3.63. The minimum absolute atomic E-state index is 0.0896.